The Morgan fingerprint density at radius 1 is 1.29 bits per heavy atom. The smallest absolute Gasteiger partial charge is 0.148 e. The third kappa shape index (κ3) is 2.34. The summed E-state index contributed by atoms with van der Waals surface area (Å²) in [5, 5.41) is 8.99. The van der Waals surface area contributed by atoms with Crippen molar-refractivity contribution in [3.63, 3.8) is 0 Å². The number of aromatic nitrogens is 1. The molecular formula is C13H11N3O. The molecule has 84 valence electrons. The van der Waals surface area contributed by atoms with Gasteiger partial charge in [0.1, 0.15) is 17.6 Å². The molecule has 0 amide bonds. The van der Waals surface area contributed by atoms with E-state index in [0.717, 1.165) is 5.69 Å². The van der Waals surface area contributed by atoms with Crippen molar-refractivity contribution in [3.05, 3.63) is 47.8 Å². The lowest BCUT2D eigenvalue weighted by Crippen LogP contribution is -1.93. The van der Waals surface area contributed by atoms with E-state index in [4.69, 9.17) is 15.7 Å². The maximum absolute atomic E-state index is 8.99. The Hall–Kier alpha value is -2.54. The number of hydrogen-bond donors (Lipinski definition) is 1. The van der Waals surface area contributed by atoms with Crippen LogP contribution >= 0.6 is 0 Å². The highest BCUT2D eigenvalue weighted by atomic mass is 16.5. The topological polar surface area (TPSA) is 71.9 Å². The van der Waals surface area contributed by atoms with Crippen LogP contribution in [0.5, 0.6) is 11.5 Å². The molecule has 0 aliphatic rings. The van der Waals surface area contributed by atoms with E-state index in [-0.39, 0.29) is 0 Å². The van der Waals surface area contributed by atoms with Gasteiger partial charge in [-0.25, -0.2) is 0 Å². The standard InChI is InChI=1S/C13H11N3O/c1-9-12(3-2-6-16-9)17-13-5-4-11(15)7-10(13)8-14/h2-7H,15H2,1H3. The molecule has 0 atom stereocenters. The number of ether oxygens (including phenoxy) is 1. The van der Waals surface area contributed by atoms with Gasteiger partial charge in [0, 0.05) is 11.9 Å². The number of nitrogens with zero attached hydrogens (tertiary/aromatic N) is 2. The van der Waals surface area contributed by atoms with Crippen molar-refractivity contribution in [2.45, 2.75) is 6.92 Å². The molecule has 1 heterocycles. The molecule has 0 unspecified atom stereocenters. The predicted octanol–water partition coefficient (Wildman–Crippen LogP) is 2.64. The highest BCUT2D eigenvalue weighted by molar-refractivity contribution is 5.54. The molecule has 0 fully saturated rings. The normalized spacial score (nSPS) is 9.65. The van der Waals surface area contributed by atoms with E-state index in [0.29, 0.717) is 22.7 Å². The molecule has 2 N–H and O–H groups in total. The molecule has 2 aromatic rings. The molecule has 4 heteroatoms. The fourth-order valence-corrected chi connectivity index (χ4v) is 1.42. The number of rotatable bonds is 2. The number of pyridine rings is 1. The quantitative estimate of drug-likeness (QED) is 0.797. The fraction of sp³-hybridized carbons (Fsp3) is 0.0769. The average molecular weight is 225 g/mol. The van der Waals surface area contributed by atoms with E-state index in [1.54, 1.807) is 36.5 Å². The van der Waals surface area contributed by atoms with E-state index >= 15 is 0 Å². The highest BCUT2D eigenvalue weighted by Crippen LogP contribution is 2.27. The predicted molar refractivity (Wildman–Crippen MR) is 64.6 cm³/mol. The molecule has 0 bridgehead atoms. The minimum Gasteiger partial charge on any atom is -0.454 e. The van der Waals surface area contributed by atoms with Crippen LogP contribution in [0.15, 0.2) is 36.5 Å². The third-order valence-corrected chi connectivity index (χ3v) is 2.30. The Kier molecular flexibility index (Phi) is 2.93. The van der Waals surface area contributed by atoms with Gasteiger partial charge < -0.3 is 10.5 Å². The van der Waals surface area contributed by atoms with Gasteiger partial charge >= 0.3 is 0 Å². The van der Waals surface area contributed by atoms with Crippen LogP contribution in [0.25, 0.3) is 0 Å². The summed E-state index contributed by atoms with van der Waals surface area (Å²) in [6, 6.07) is 10.6. The SMILES string of the molecule is Cc1ncccc1Oc1ccc(N)cc1C#N. The van der Waals surface area contributed by atoms with Crippen molar-refractivity contribution in [1.82, 2.24) is 4.98 Å². The Morgan fingerprint density at radius 3 is 2.82 bits per heavy atom. The van der Waals surface area contributed by atoms with Crippen LogP contribution in [0.1, 0.15) is 11.3 Å². The van der Waals surface area contributed by atoms with Gasteiger partial charge in [0.25, 0.3) is 0 Å². The lowest BCUT2D eigenvalue weighted by molar-refractivity contribution is 0.474. The number of benzene rings is 1. The van der Waals surface area contributed by atoms with E-state index < -0.39 is 0 Å². The Bertz CT molecular complexity index is 587. The van der Waals surface area contributed by atoms with E-state index in [1.807, 2.05) is 6.92 Å². The lowest BCUT2D eigenvalue weighted by Gasteiger charge is -2.09. The summed E-state index contributed by atoms with van der Waals surface area (Å²) in [5.74, 6) is 1.12. The zero-order chi connectivity index (χ0) is 12.3. The van der Waals surface area contributed by atoms with Gasteiger partial charge in [0.2, 0.25) is 0 Å². The van der Waals surface area contributed by atoms with Crippen LogP contribution in [0.2, 0.25) is 0 Å². The summed E-state index contributed by atoms with van der Waals surface area (Å²) in [6.07, 6.45) is 1.69. The van der Waals surface area contributed by atoms with Crippen molar-refractivity contribution < 1.29 is 4.74 Å². The molecule has 4 nitrogen and oxygen atoms in total. The van der Waals surface area contributed by atoms with Crippen molar-refractivity contribution in [2.75, 3.05) is 5.73 Å². The maximum atomic E-state index is 8.99. The second-order valence-electron chi connectivity index (χ2n) is 3.56. The highest BCUT2D eigenvalue weighted by Gasteiger charge is 2.07. The first-order valence-corrected chi connectivity index (χ1v) is 5.10. The second kappa shape index (κ2) is 4.54. The van der Waals surface area contributed by atoms with E-state index in [2.05, 4.69) is 11.1 Å². The molecule has 0 spiro atoms. The summed E-state index contributed by atoms with van der Waals surface area (Å²) in [5.41, 5.74) is 7.33. The van der Waals surface area contributed by atoms with Crippen LogP contribution in [-0.4, -0.2) is 4.98 Å². The summed E-state index contributed by atoms with van der Waals surface area (Å²) in [6.45, 7) is 1.85. The zero-order valence-electron chi connectivity index (χ0n) is 9.34. The summed E-state index contributed by atoms with van der Waals surface area (Å²) in [7, 11) is 0. The van der Waals surface area contributed by atoms with Crippen LogP contribution < -0.4 is 10.5 Å². The Morgan fingerprint density at radius 2 is 2.12 bits per heavy atom. The monoisotopic (exact) mass is 225 g/mol. The van der Waals surface area contributed by atoms with Crippen LogP contribution in [-0.2, 0) is 0 Å². The van der Waals surface area contributed by atoms with Gasteiger partial charge in [0.15, 0.2) is 0 Å². The molecule has 0 aliphatic carbocycles. The van der Waals surface area contributed by atoms with E-state index in [1.165, 1.54) is 0 Å². The van der Waals surface area contributed by atoms with Gasteiger partial charge in [0.05, 0.1) is 11.3 Å². The van der Waals surface area contributed by atoms with Gasteiger partial charge in [-0.1, -0.05) is 0 Å². The minimum atomic E-state index is 0.410. The van der Waals surface area contributed by atoms with Gasteiger partial charge in [-0.15, -0.1) is 0 Å². The molecule has 17 heavy (non-hydrogen) atoms. The average Bonchev–Trinajstić information content (AvgIpc) is 2.34. The van der Waals surface area contributed by atoms with Crippen LogP contribution in [0.3, 0.4) is 0 Å². The van der Waals surface area contributed by atoms with Crippen molar-refractivity contribution >= 4 is 5.69 Å². The second-order valence-corrected chi connectivity index (χ2v) is 3.56. The van der Waals surface area contributed by atoms with Crippen LogP contribution in [0.4, 0.5) is 5.69 Å². The first kappa shape index (κ1) is 11.0. The number of anilines is 1. The van der Waals surface area contributed by atoms with Crippen molar-refractivity contribution in [3.8, 4) is 17.6 Å². The lowest BCUT2D eigenvalue weighted by atomic mass is 10.2. The zero-order valence-corrected chi connectivity index (χ0v) is 9.34. The summed E-state index contributed by atoms with van der Waals surface area (Å²) in [4.78, 5) is 4.12. The van der Waals surface area contributed by atoms with Crippen LogP contribution in [0, 0.1) is 18.3 Å². The number of nitriles is 1. The Labute approximate surface area is 99.3 Å². The molecule has 1 aromatic heterocycles. The number of nitrogens with two attached hydrogens (primary N) is 1. The Balaban J connectivity index is 2.37. The maximum Gasteiger partial charge on any atom is 0.148 e. The first-order chi connectivity index (χ1) is 8.20. The molecule has 2 rings (SSSR count). The molecular weight excluding hydrogens is 214 g/mol. The van der Waals surface area contributed by atoms with Gasteiger partial charge in [-0.2, -0.15) is 5.26 Å². The van der Waals surface area contributed by atoms with Gasteiger partial charge in [-0.3, -0.25) is 4.98 Å². The summed E-state index contributed by atoms with van der Waals surface area (Å²) >= 11 is 0. The first-order valence-electron chi connectivity index (χ1n) is 5.10. The largest absolute Gasteiger partial charge is 0.454 e. The third-order valence-electron chi connectivity index (χ3n) is 2.30. The summed E-state index contributed by atoms with van der Waals surface area (Å²) < 4.78 is 5.65. The number of nitrogen functional groups attached to an aromatic ring is 1. The fourth-order valence-electron chi connectivity index (χ4n) is 1.42. The molecule has 1 aromatic carbocycles. The molecule has 0 aliphatic heterocycles. The number of hydrogen-bond acceptors (Lipinski definition) is 4. The van der Waals surface area contributed by atoms with E-state index in [9.17, 15) is 0 Å². The van der Waals surface area contributed by atoms with Crippen molar-refractivity contribution in [2.24, 2.45) is 0 Å². The molecule has 0 radical (unpaired) electrons. The minimum absolute atomic E-state index is 0.410. The number of aryl methyl sites for hydroxylation is 1. The molecule has 0 saturated carbocycles. The molecule has 0 saturated heterocycles. The van der Waals surface area contributed by atoms with Crippen molar-refractivity contribution in [1.29, 1.82) is 5.26 Å². The van der Waals surface area contributed by atoms with Gasteiger partial charge in [-0.05, 0) is 37.3 Å².